The van der Waals surface area contributed by atoms with Crippen molar-refractivity contribution in [2.45, 2.75) is 19.6 Å². The van der Waals surface area contributed by atoms with Crippen LogP contribution in [0.15, 0.2) is 30.3 Å². The molecule has 0 spiro atoms. The van der Waals surface area contributed by atoms with E-state index in [0.29, 0.717) is 0 Å². The van der Waals surface area contributed by atoms with Crippen molar-refractivity contribution in [2.24, 2.45) is 0 Å². The topological polar surface area (TPSA) is 127 Å². The fourth-order valence-electron chi connectivity index (χ4n) is 2.38. The molecule has 0 radical (unpaired) electrons. The van der Waals surface area contributed by atoms with Crippen molar-refractivity contribution in [3.05, 3.63) is 41.5 Å². The molecule has 2 atom stereocenters. The van der Waals surface area contributed by atoms with Crippen LogP contribution in [-0.2, 0) is 0 Å². The fourth-order valence-corrected chi connectivity index (χ4v) is 2.38. The zero-order valence-electron chi connectivity index (χ0n) is 11.1. The Morgan fingerprint density at radius 2 is 1.61 bits per heavy atom. The van der Waals surface area contributed by atoms with Crippen molar-refractivity contribution < 1.29 is 35.1 Å². The van der Waals surface area contributed by atoms with Crippen molar-refractivity contribution in [1.82, 2.24) is 0 Å². The van der Waals surface area contributed by atoms with Gasteiger partial charge in [-0.1, -0.05) is 13.5 Å². The summed E-state index contributed by atoms with van der Waals surface area (Å²) < 4.78 is 5.47. The van der Waals surface area contributed by atoms with Crippen LogP contribution in [0.4, 0.5) is 0 Å². The molecule has 0 bridgehead atoms. The van der Waals surface area contributed by atoms with Gasteiger partial charge in [0.2, 0.25) is 5.78 Å². The highest BCUT2D eigenvalue weighted by Crippen LogP contribution is 2.42. The molecule has 1 aliphatic rings. The van der Waals surface area contributed by atoms with Crippen molar-refractivity contribution in [3.63, 3.8) is 0 Å². The van der Waals surface area contributed by atoms with Gasteiger partial charge in [0.05, 0.1) is 0 Å². The number of aromatic hydroxyl groups is 4. The Bertz CT molecular complexity index is 769. The highest BCUT2D eigenvalue weighted by molar-refractivity contribution is 6.05. The number of fused-ring (bicyclic) bond motifs is 1. The molecule has 122 valence electrons. The van der Waals surface area contributed by atoms with Crippen LogP contribution in [0.3, 0.4) is 0 Å². The summed E-state index contributed by atoms with van der Waals surface area (Å²) in [5, 5.41) is 48.1. The number of hydrogen-bond donors (Lipinski definition) is 5. The highest BCUT2D eigenvalue weighted by Gasteiger charge is 2.39. The van der Waals surface area contributed by atoms with Gasteiger partial charge >= 0.3 is 0 Å². The molecule has 23 heavy (non-hydrogen) atoms. The lowest BCUT2D eigenvalue weighted by atomic mass is 9.92. The Morgan fingerprint density at radius 1 is 0.913 bits per heavy atom. The number of benzene rings is 2. The van der Waals surface area contributed by atoms with E-state index in [-0.39, 0.29) is 35.8 Å². The summed E-state index contributed by atoms with van der Waals surface area (Å²) in [6.45, 7) is 0. The number of carbonyl (C=O) groups excluding carboxylic acids is 1. The number of aliphatic hydroxyl groups excluding tert-OH is 1. The molecular weight excluding hydrogens is 304 g/mol. The van der Waals surface area contributed by atoms with E-state index < -0.39 is 29.5 Å². The van der Waals surface area contributed by atoms with E-state index in [2.05, 4.69) is 0 Å². The smallest absolute Gasteiger partial charge is 0.202 e. The van der Waals surface area contributed by atoms with Gasteiger partial charge in [0.15, 0.2) is 23.7 Å². The van der Waals surface area contributed by atoms with E-state index in [0.717, 1.165) is 18.2 Å². The first-order valence-electron chi connectivity index (χ1n) is 6.35. The third-order valence-electron chi connectivity index (χ3n) is 3.45. The van der Waals surface area contributed by atoms with E-state index in [1.807, 2.05) is 0 Å². The highest BCUT2D eigenvalue weighted by atomic mass is 16.5. The Kier molecular flexibility index (Phi) is 4.07. The standard InChI is InChI=1S/C15H12O7.CH4/c16-7-4-10(19)12-11(5-7)22-15(14(21)13(12)20)6-1-2-8(17)9(18)3-6;/h1-5,14-19,21H;1H4/t14-,15+;/m0./s1. The zero-order valence-corrected chi connectivity index (χ0v) is 11.1. The summed E-state index contributed by atoms with van der Waals surface area (Å²) in [5.41, 5.74) is 0.0363. The third-order valence-corrected chi connectivity index (χ3v) is 3.45. The molecule has 1 aliphatic heterocycles. The summed E-state index contributed by atoms with van der Waals surface area (Å²) in [4.78, 5) is 12.2. The number of phenolic OH excluding ortho intramolecular Hbond substituents is 4. The molecule has 2 aromatic rings. The van der Waals surface area contributed by atoms with Gasteiger partial charge in [-0.25, -0.2) is 0 Å². The summed E-state index contributed by atoms with van der Waals surface area (Å²) in [6.07, 6.45) is -2.75. The van der Waals surface area contributed by atoms with E-state index >= 15 is 0 Å². The maximum atomic E-state index is 12.2. The van der Waals surface area contributed by atoms with Crippen LogP contribution in [0.25, 0.3) is 0 Å². The monoisotopic (exact) mass is 320 g/mol. The average molecular weight is 320 g/mol. The second-order valence-electron chi connectivity index (χ2n) is 4.93. The minimum Gasteiger partial charge on any atom is -0.508 e. The van der Waals surface area contributed by atoms with Crippen LogP contribution in [0, 0.1) is 0 Å². The summed E-state index contributed by atoms with van der Waals surface area (Å²) in [6, 6.07) is 5.85. The van der Waals surface area contributed by atoms with E-state index in [4.69, 9.17) is 4.74 Å². The Balaban J connectivity index is 0.00000192. The number of hydrogen-bond acceptors (Lipinski definition) is 7. The minimum absolute atomic E-state index is 0. The Labute approximate surface area is 131 Å². The van der Waals surface area contributed by atoms with E-state index in [1.165, 1.54) is 12.1 Å². The molecule has 7 heteroatoms. The molecule has 5 N–H and O–H groups in total. The maximum Gasteiger partial charge on any atom is 0.202 e. The van der Waals surface area contributed by atoms with Gasteiger partial charge in [-0.05, 0) is 17.7 Å². The predicted molar refractivity (Wildman–Crippen MR) is 80.0 cm³/mol. The molecule has 0 amide bonds. The van der Waals surface area contributed by atoms with Crippen LogP contribution in [0.5, 0.6) is 28.7 Å². The van der Waals surface area contributed by atoms with E-state index in [9.17, 15) is 30.3 Å². The molecule has 3 rings (SSSR count). The summed E-state index contributed by atoms with van der Waals surface area (Å²) >= 11 is 0. The van der Waals surface area contributed by atoms with Crippen molar-refractivity contribution in [1.29, 1.82) is 0 Å². The minimum atomic E-state index is -1.60. The van der Waals surface area contributed by atoms with Crippen molar-refractivity contribution >= 4 is 5.78 Å². The number of ether oxygens (including phenoxy) is 1. The molecule has 0 unspecified atom stereocenters. The number of rotatable bonds is 1. The van der Waals surface area contributed by atoms with Gasteiger partial charge in [-0.15, -0.1) is 0 Å². The lowest BCUT2D eigenvalue weighted by Gasteiger charge is -2.30. The normalized spacial score (nSPS) is 19.4. The molecular formula is C16H16O7. The Hall–Kier alpha value is -2.93. The lowest BCUT2D eigenvalue weighted by Crippen LogP contribution is -2.36. The van der Waals surface area contributed by atoms with E-state index in [1.54, 1.807) is 0 Å². The molecule has 0 fully saturated rings. The van der Waals surface area contributed by atoms with Gasteiger partial charge < -0.3 is 30.3 Å². The van der Waals surface area contributed by atoms with Gasteiger partial charge in [0.1, 0.15) is 22.8 Å². The molecule has 2 aromatic carbocycles. The third kappa shape index (κ3) is 2.62. The molecule has 7 nitrogen and oxygen atoms in total. The quantitative estimate of drug-likeness (QED) is 0.507. The second kappa shape index (κ2) is 5.69. The van der Waals surface area contributed by atoms with Gasteiger partial charge in [-0.2, -0.15) is 0 Å². The van der Waals surface area contributed by atoms with Crippen LogP contribution >= 0.6 is 0 Å². The first kappa shape index (κ1) is 16.4. The number of phenols is 4. The first-order chi connectivity index (χ1) is 10.4. The van der Waals surface area contributed by atoms with Crippen molar-refractivity contribution in [2.75, 3.05) is 0 Å². The van der Waals surface area contributed by atoms with Crippen LogP contribution in [0.1, 0.15) is 29.5 Å². The Morgan fingerprint density at radius 3 is 2.26 bits per heavy atom. The zero-order chi connectivity index (χ0) is 16.0. The maximum absolute atomic E-state index is 12.2. The predicted octanol–water partition coefficient (Wildman–Crippen LogP) is 1.82. The SMILES string of the molecule is C.O=C1c2c(O)cc(O)cc2O[C@H](c2ccc(O)c(O)c2)[C@H]1O. The number of ketones is 1. The summed E-state index contributed by atoms with van der Waals surface area (Å²) in [7, 11) is 0. The van der Waals surface area contributed by atoms with Gasteiger partial charge in [0, 0.05) is 12.1 Å². The number of Topliss-reactive ketones (excluding diaryl/α,β-unsaturated/α-hetero) is 1. The second-order valence-corrected chi connectivity index (χ2v) is 4.93. The number of aliphatic hydroxyl groups is 1. The van der Waals surface area contributed by atoms with Gasteiger partial charge in [0.25, 0.3) is 0 Å². The van der Waals surface area contributed by atoms with Crippen LogP contribution < -0.4 is 4.74 Å². The molecule has 0 saturated heterocycles. The van der Waals surface area contributed by atoms with Crippen LogP contribution in [0.2, 0.25) is 0 Å². The van der Waals surface area contributed by atoms with Crippen LogP contribution in [-0.4, -0.2) is 37.4 Å². The molecule has 1 heterocycles. The molecule has 0 aromatic heterocycles. The molecule has 0 saturated carbocycles. The van der Waals surface area contributed by atoms with Gasteiger partial charge in [-0.3, -0.25) is 4.79 Å². The number of carbonyl (C=O) groups is 1. The molecule has 0 aliphatic carbocycles. The fraction of sp³-hybridized carbons (Fsp3) is 0.188. The lowest BCUT2D eigenvalue weighted by molar-refractivity contribution is 0.0210. The average Bonchev–Trinajstić information content (AvgIpc) is 2.45. The van der Waals surface area contributed by atoms with Crippen molar-refractivity contribution in [3.8, 4) is 28.7 Å². The largest absolute Gasteiger partial charge is 0.508 e. The first-order valence-corrected chi connectivity index (χ1v) is 6.35. The summed E-state index contributed by atoms with van der Waals surface area (Å²) in [5.74, 6) is -2.41.